The third kappa shape index (κ3) is 17.1. The molecule has 0 heterocycles. The van der Waals surface area contributed by atoms with Gasteiger partial charge >= 0.3 is 118 Å². The van der Waals surface area contributed by atoms with E-state index < -0.39 is 113 Å². The maximum atomic E-state index is 12.9. The molecule has 25 nitrogen and oxygen atoms in total. The number of fused-ring (bicyclic) bond motifs is 1. The fraction of sp³-hybridized carbons (Fsp3) is 0.185. The van der Waals surface area contributed by atoms with Crippen molar-refractivity contribution in [3.63, 3.8) is 0 Å². The molecule has 0 aliphatic heterocycles. The third-order valence-electron chi connectivity index (χ3n) is 7.17. The molecule has 62 heavy (non-hydrogen) atoms. The van der Waals surface area contributed by atoms with Crippen LogP contribution in [0.15, 0.2) is 94.6 Å². The van der Waals surface area contributed by atoms with Gasteiger partial charge in [-0.05, 0) is 60.0 Å². The Labute approximate surface area is 447 Å². The van der Waals surface area contributed by atoms with Crippen LogP contribution in [0.2, 0.25) is 0 Å². The quantitative estimate of drug-likeness (QED) is 0.0121. The van der Waals surface area contributed by atoms with Crippen molar-refractivity contribution in [3.8, 4) is 11.5 Å². The second-order valence-corrected chi connectivity index (χ2v) is 19.2. The summed E-state index contributed by atoms with van der Waals surface area (Å²) in [4.78, 5) is -2.12. The normalized spacial score (nSPS) is 12.6. The van der Waals surface area contributed by atoms with E-state index in [4.69, 9.17) is 10.5 Å². The SMILES string of the molecule is COc1ccc(S(=O)(=O)CCS(=O)OO[O-])cc1N=Nc1c(SOO[O-])cc2cc(S(=O)(=O)[O-])c(N=Nc3ccc(S(=O)(=O)CCOS(=O)(=O)[O-])cc3)c(N)c2c1O.[Na+].[Na+].[Na+].[Na+]. The van der Waals surface area contributed by atoms with E-state index in [2.05, 4.69) is 43.4 Å². The number of azo groups is 2. The molecule has 316 valence electrons. The standard InChI is InChI=1S/C27H27N5O20S6.4Na/c1-47-20-7-6-18(56(39,40)11-9-54(36)52-50-35)14-19(20)30-31-25-21(53-51-49-34)12-15-13-22(57(41,42)43)26(24(28)23(15)27(25)33)32-29-16-2-4-17(5-3-16)55(37,38)10-8-48-58(44,45)46;;;;/h2-7,12-14,33-35H,8-11,28H2,1H3,(H,41,42,43)(H,44,45,46);;;;/q;4*+1/p-4. The molecule has 0 fully saturated rings. The summed E-state index contributed by atoms with van der Waals surface area (Å²) >= 11 is -2.27. The second kappa shape index (κ2) is 26.9. The van der Waals surface area contributed by atoms with Gasteiger partial charge in [0.05, 0.1) is 79.4 Å². The van der Waals surface area contributed by atoms with Crippen molar-refractivity contribution in [2.75, 3.05) is 36.7 Å². The summed E-state index contributed by atoms with van der Waals surface area (Å²) in [6, 6.07) is 9.20. The number of aromatic hydroxyl groups is 1. The van der Waals surface area contributed by atoms with Crippen molar-refractivity contribution < 1.29 is 208 Å². The molecule has 3 N–H and O–H groups in total. The van der Waals surface area contributed by atoms with Crippen LogP contribution < -0.4 is 139 Å². The fourth-order valence-electron chi connectivity index (χ4n) is 4.61. The number of nitrogen functional groups attached to an aromatic ring is 1. The zero-order valence-corrected chi connectivity index (χ0v) is 45.4. The predicted octanol–water partition coefficient (Wildman–Crippen LogP) is -11.0. The number of hydrogen-bond donors (Lipinski definition) is 2. The number of hydrogen-bond acceptors (Lipinski definition) is 26. The van der Waals surface area contributed by atoms with Gasteiger partial charge in [0.25, 0.3) is 0 Å². The molecule has 35 heteroatoms. The third-order valence-corrected chi connectivity index (χ3v) is 13.5. The Morgan fingerprint density at radius 1 is 0.774 bits per heavy atom. The van der Waals surface area contributed by atoms with E-state index in [1.807, 2.05) is 0 Å². The Kier molecular flexibility index (Phi) is 26.7. The molecule has 0 saturated carbocycles. The molecular formula is C27H23N5Na4O20S6. The number of sulfone groups is 2. The fourth-order valence-corrected chi connectivity index (χ4v) is 9.60. The summed E-state index contributed by atoms with van der Waals surface area (Å²) in [5, 5.41) is 53.3. The van der Waals surface area contributed by atoms with Crippen molar-refractivity contribution in [1.29, 1.82) is 0 Å². The largest absolute Gasteiger partial charge is 1.00 e. The van der Waals surface area contributed by atoms with Gasteiger partial charge < -0.3 is 35.2 Å². The van der Waals surface area contributed by atoms with Gasteiger partial charge in [0.15, 0.2) is 36.5 Å². The number of nitrogens with zero attached hydrogens (tertiary/aromatic N) is 4. The Morgan fingerprint density at radius 3 is 1.94 bits per heavy atom. The van der Waals surface area contributed by atoms with E-state index in [-0.39, 0.29) is 163 Å². The summed E-state index contributed by atoms with van der Waals surface area (Å²) in [5.74, 6) is -3.29. The van der Waals surface area contributed by atoms with Crippen LogP contribution in [0.25, 0.3) is 10.8 Å². The van der Waals surface area contributed by atoms with Gasteiger partial charge in [0, 0.05) is 0 Å². The van der Waals surface area contributed by atoms with Gasteiger partial charge in [-0.25, -0.2) is 37.9 Å². The van der Waals surface area contributed by atoms with E-state index in [9.17, 15) is 62.6 Å². The molecule has 0 aliphatic carbocycles. The first-order valence-corrected chi connectivity index (χ1v) is 22.9. The van der Waals surface area contributed by atoms with Gasteiger partial charge in [-0.1, -0.05) is 0 Å². The van der Waals surface area contributed by atoms with E-state index in [0.29, 0.717) is 0 Å². The zero-order valence-electron chi connectivity index (χ0n) is 32.5. The molecule has 4 rings (SSSR count). The van der Waals surface area contributed by atoms with E-state index >= 15 is 0 Å². The van der Waals surface area contributed by atoms with Crippen molar-refractivity contribution in [2.24, 2.45) is 20.5 Å². The number of methoxy groups -OCH3 is 1. The van der Waals surface area contributed by atoms with Crippen LogP contribution >= 0.6 is 12.0 Å². The topological polar surface area (TPSA) is 397 Å². The maximum absolute atomic E-state index is 12.9. The first-order valence-electron chi connectivity index (χ1n) is 14.9. The molecule has 0 radical (unpaired) electrons. The van der Waals surface area contributed by atoms with Crippen LogP contribution in [-0.2, 0) is 74.2 Å². The molecule has 4 aromatic carbocycles. The summed E-state index contributed by atoms with van der Waals surface area (Å²) < 4.78 is 148. The van der Waals surface area contributed by atoms with Crippen LogP contribution in [0.3, 0.4) is 0 Å². The van der Waals surface area contributed by atoms with Crippen LogP contribution in [0.1, 0.15) is 0 Å². The van der Waals surface area contributed by atoms with Gasteiger partial charge in [-0.15, -0.1) is 19.7 Å². The molecule has 0 bridgehead atoms. The first kappa shape index (κ1) is 61.7. The monoisotopic (exact) mass is 1020 g/mol. The molecule has 0 aliphatic rings. The van der Waals surface area contributed by atoms with Crippen LogP contribution in [-0.4, -0.2) is 83.1 Å². The molecular weight excluding hydrogens is 999 g/mol. The number of rotatable bonds is 20. The molecule has 0 amide bonds. The number of phenols is 1. The van der Waals surface area contributed by atoms with E-state index in [0.717, 1.165) is 48.5 Å². The average molecular weight is 1020 g/mol. The zero-order chi connectivity index (χ0) is 43.1. The van der Waals surface area contributed by atoms with E-state index in [1.165, 1.54) is 13.2 Å². The average Bonchev–Trinajstić information content (AvgIpc) is 3.14. The van der Waals surface area contributed by atoms with Crippen molar-refractivity contribution in [1.82, 2.24) is 0 Å². The van der Waals surface area contributed by atoms with Gasteiger partial charge in [-0.3, -0.25) is 14.3 Å². The number of nitrogens with two attached hydrogens (primary N) is 1. The van der Waals surface area contributed by atoms with E-state index in [1.54, 1.807) is 0 Å². The molecule has 0 spiro atoms. The Balaban J connectivity index is 0.00000930. The number of ether oxygens (including phenoxy) is 1. The first-order chi connectivity index (χ1) is 27.1. The summed E-state index contributed by atoms with van der Waals surface area (Å²) in [6.07, 6.45) is 0. The van der Waals surface area contributed by atoms with Crippen LogP contribution in [0.5, 0.6) is 11.5 Å². The Morgan fingerprint density at radius 2 is 1.37 bits per heavy atom. The Bertz CT molecular complexity index is 2740. The number of phenolic OH excluding ortho intramolecular Hbond substituents is 1. The number of benzene rings is 4. The molecule has 0 aromatic heterocycles. The minimum Gasteiger partial charge on any atom is -0.744 e. The molecule has 1 unspecified atom stereocenters. The van der Waals surface area contributed by atoms with Crippen molar-refractivity contribution in [2.45, 2.75) is 19.6 Å². The van der Waals surface area contributed by atoms with Gasteiger partial charge in [-0.2, -0.15) is 9.45 Å². The Hall–Kier alpha value is -0.320. The second-order valence-electron chi connectivity index (χ2n) is 10.7. The summed E-state index contributed by atoms with van der Waals surface area (Å²) in [5.41, 5.74) is 3.79. The summed E-state index contributed by atoms with van der Waals surface area (Å²) in [6.45, 7) is -0.964. The van der Waals surface area contributed by atoms with Crippen LogP contribution in [0.4, 0.5) is 28.4 Å². The van der Waals surface area contributed by atoms with Gasteiger partial charge in [0.1, 0.15) is 32.9 Å². The molecule has 0 saturated heterocycles. The minimum absolute atomic E-state index is 0. The molecule has 1 atom stereocenters. The van der Waals surface area contributed by atoms with Gasteiger partial charge in [0.2, 0.25) is 10.4 Å². The smallest absolute Gasteiger partial charge is 0.744 e. The minimum atomic E-state index is -5.42. The predicted molar refractivity (Wildman–Crippen MR) is 189 cm³/mol. The summed E-state index contributed by atoms with van der Waals surface area (Å²) in [7, 11) is -17.7. The molecule has 4 aromatic rings. The van der Waals surface area contributed by atoms with Crippen molar-refractivity contribution >= 4 is 103 Å². The number of anilines is 1. The maximum Gasteiger partial charge on any atom is 1.00 e. The van der Waals surface area contributed by atoms with Crippen molar-refractivity contribution in [3.05, 3.63) is 54.6 Å². The van der Waals surface area contributed by atoms with Crippen LogP contribution in [0, 0.1) is 0 Å².